The minimum atomic E-state index is 0.141. The fraction of sp³-hybridized carbons (Fsp3) is 0.467. The Bertz CT molecular complexity index is 406. The highest BCUT2D eigenvalue weighted by Gasteiger charge is 2.58. The Morgan fingerprint density at radius 2 is 2.12 bits per heavy atom. The van der Waals surface area contributed by atoms with Crippen molar-refractivity contribution in [2.75, 3.05) is 13.1 Å². The van der Waals surface area contributed by atoms with Gasteiger partial charge in [0.2, 0.25) is 0 Å². The van der Waals surface area contributed by atoms with Gasteiger partial charge in [0, 0.05) is 24.7 Å². The Morgan fingerprint density at radius 3 is 2.76 bits per heavy atom. The fourth-order valence-corrected chi connectivity index (χ4v) is 3.65. The Hall–Kier alpha value is -1.12. The van der Waals surface area contributed by atoms with E-state index >= 15 is 0 Å². The molecule has 0 spiro atoms. The van der Waals surface area contributed by atoms with Gasteiger partial charge in [-0.25, -0.2) is 0 Å². The van der Waals surface area contributed by atoms with E-state index in [4.69, 9.17) is 5.73 Å². The summed E-state index contributed by atoms with van der Waals surface area (Å²) < 4.78 is 0. The van der Waals surface area contributed by atoms with Gasteiger partial charge in [0.05, 0.1) is 0 Å². The lowest BCUT2D eigenvalue weighted by Gasteiger charge is -2.47. The van der Waals surface area contributed by atoms with Crippen molar-refractivity contribution in [3.05, 3.63) is 48.6 Å². The molecule has 3 aliphatic rings. The molecule has 2 bridgehead atoms. The van der Waals surface area contributed by atoms with Crippen LogP contribution in [0.5, 0.6) is 0 Å². The Morgan fingerprint density at radius 1 is 1.41 bits per heavy atom. The summed E-state index contributed by atoms with van der Waals surface area (Å²) in [4.78, 5) is 2.53. The molecule has 0 radical (unpaired) electrons. The molecule has 3 fully saturated rings. The second-order valence-electron chi connectivity index (χ2n) is 5.46. The molecule has 1 atom stereocenters. The van der Waals surface area contributed by atoms with Gasteiger partial charge >= 0.3 is 0 Å². The summed E-state index contributed by atoms with van der Waals surface area (Å²) in [6.07, 6.45) is 4.52. The van der Waals surface area contributed by atoms with Crippen molar-refractivity contribution in [3.8, 4) is 0 Å². The van der Waals surface area contributed by atoms with Gasteiger partial charge in [-0.15, -0.1) is 6.58 Å². The molecule has 1 aromatic carbocycles. The van der Waals surface area contributed by atoms with Crippen molar-refractivity contribution in [2.24, 2.45) is 11.7 Å². The maximum Gasteiger partial charge on any atom is 0.0482 e. The SMILES string of the molecule is C=CCN1CC2CC1(C(N)c1ccccc1)C2. The zero-order valence-electron chi connectivity index (χ0n) is 10.2. The van der Waals surface area contributed by atoms with E-state index in [1.54, 1.807) is 0 Å². The van der Waals surface area contributed by atoms with Gasteiger partial charge in [0.15, 0.2) is 0 Å². The predicted molar refractivity (Wildman–Crippen MR) is 70.6 cm³/mol. The molecule has 0 amide bonds. The van der Waals surface area contributed by atoms with E-state index in [0.717, 1.165) is 12.5 Å². The highest BCUT2D eigenvalue weighted by Crippen LogP contribution is 2.55. The third-order valence-electron chi connectivity index (χ3n) is 4.48. The third kappa shape index (κ3) is 1.55. The molecular weight excluding hydrogens is 208 g/mol. The van der Waals surface area contributed by atoms with Crippen molar-refractivity contribution < 1.29 is 0 Å². The quantitative estimate of drug-likeness (QED) is 0.801. The molecule has 2 nitrogen and oxygen atoms in total. The van der Waals surface area contributed by atoms with Gasteiger partial charge in [0.25, 0.3) is 0 Å². The fourth-order valence-electron chi connectivity index (χ4n) is 3.65. The van der Waals surface area contributed by atoms with Crippen LogP contribution in [0.4, 0.5) is 0 Å². The first-order valence-electron chi connectivity index (χ1n) is 6.43. The van der Waals surface area contributed by atoms with Gasteiger partial charge in [-0.3, -0.25) is 4.90 Å². The van der Waals surface area contributed by atoms with Crippen LogP contribution in [0.1, 0.15) is 24.4 Å². The minimum absolute atomic E-state index is 0.141. The molecule has 1 aromatic rings. The second kappa shape index (κ2) is 3.97. The van der Waals surface area contributed by atoms with Crippen molar-refractivity contribution in [2.45, 2.75) is 24.4 Å². The van der Waals surface area contributed by atoms with E-state index in [2.05, 4.69) is 35.7 Å². The second-order valence-corrected chi connectivity index (χ2v) is 5.46. The van der Waals surface area contributed by atoms with Crippen LogP contribution in [0.15, 0.2) is 43.0 Å². The van der Waals surface area contributed by atoms with Gasteiger partial charge in [-0.2, -0.15) is 0 Å². The lowest BCUT2D eigenvalue weighted by atomic mass is 9.67. The highest BCUT2D eigenvalue weighted by molar-refractivity contribution is 5.28. The molecular formula is C15H20N2. The van der Waals surface area contributed by atoms with Crippen LogP contribution in [0.2, 0.25) is 0 Å². The lowest BCUT2D eigenvalue weighted by Crippen LogP contribution is -2.53. The average Bonchev–Trinajstić information content (AvgIpc) is 2.84. The molecule has 1 unspecified atom stereocenters. The standard InChI is InChI=1S/C15H20N2/c1-2-8-17-11-12-9-15(17,10-12)14(16)13-6-4-3-5-7-13/h2-7,12,14H,1,8-11,16H2. The van der Waals surface area contributed by atoms with Gasteiger partial charge in [-0.1, -0.05) is 36.4 Å². The van der Waals surface area contributed by atoms with E-state index in [0.29, 0.717) is 0 Å². The van der Waals surface area contributed by atoms with Crippen molar-refractivity contribution in [3.63, 3.8) is 0 Å². The van der Waals surface area contributed by atoms with Crippen LogP contribution < -0.4 is 5.73 Å². The summed E-state index contributed by atoms with van der Waals surface area (Å²) in [7, 11) is 0. The molecule has 1 saturated carbocycles. The zero-order chi connectivity index (χ0) is 11.9. The first-order chi connectivity index (χ1) is 8.26. The predicted octanol–water partition coefficient (Wildman–Crippen LogP) is 2.34. The molecule has 0 aromatic heterocycles. The maximum absolute atomic E-state index is 6.52. The van der Waals surface area contributed by atoms with Crippen molar-refractivity contribution in [1.29, 1.82) is 0 Å². The molecule has 2 heteroatoms. The highest BCUT2D eigenvalue weighted by atomic mass is 15.3. The monoisotopic (exact) mass is 228 g/mol. The third-order valence-corrected chi connectivity index (χ3v) is 4.48. The number of nitrogens with two attached hydrogens (primary N) is 1. The van der Waals surface area contributed by atoms with E-state index in [1.165, 1.54) is 24.9 Å². The largest absolute Gasteiger partial charge is 0.322 e. The van der Waals surface area contributed by atoms with Crippen LogP contribution in [0.25, 0.3) is 0 Å². The number of fused-ring (bicyclic) bond motifs is 1. The molecule has 90 valence electrons. The molecule has 2 aliphatic heterocycles. The van der Waals surface area contributed by atoms with E-state index in [1.807, 2.05) is 12.1 Å². The number of rotatable bonds is 4. The first kappa shape index (κ1) is 11.0. The van der Waals surface area contributed by atoms with E-state index in [9.17, 15) is 0 Å². The summed E-state index contributed by atoms with van der Waals surface area (Å²) in [5.74, 6) is 0.865. The smallest absolute Gasteiger partial charge is 0.0482 e. The van der Waals surface area contributed by atoms with Gasteiger partial charge in [0.1, 0.15) is 0 Å². The van der Waals surface area contributed by atoms with E-state index < -0.39 is 0 Å². The molecule has 4 rings (SSSR count). The van der Waals surface area contributed by atoms with Crippen LogP contribution in [-0.2, 0) is 0 Å². The Kier molecular flexibility index (Phi) is 2.57. The molecule has 2 N–H and O–H groups in total. The molecule has 17 heavy (non-hydrogen) atoms. The normalized spacial score (nSPS) is 33.1. The average molecular weight is 228 g/mol. The summed E-state index contributed by atoms with van der Waals surface area (Å²) >= 11 is 0. The van der Waals surface area contributed by atoms with Crippen LogP contribution in [-0.4, -0.2) is 23.5 Å². The number of nitrogens with zero attached hydrogens (tertiary/aromatic N) is 1. The Balaban J connectivity index is 1.86. The Labute approximate surface area is 103 Å². The van der Waals surface area contributed by atoms with Crippen molar-refractivity contribution >= 4 is 0 Å². The maximum atomic E-state index is 6.52. The molecule has 2 saturated heterocycles. The van der Waals surface area contributed by atoms with Gasteiger partial charge < -0.3 is 5.73 Å². The topological polar surface area (TPSA) is 29.3 Å². The van der Waals surface area contributed by atoms with Gasteiger partial charge in [-0.05, 0) is 24.3 Å². The van der Waals surface area contributed by atoms with Crippen LogP contribution in [0.3, 0.4) is 0 Å². The minimum Gasteiger partial charge on any atom is -0.322 e. The summed E-state index contributed by atoms with van der Waals surface area (Å²) in [6.45, 7) is 6.03. The number of hydrogen-bond donors (Lipinski definition) is 1. The van der Waals surface area contributed by atoms with Crippen LogP contribution >= 0.6 is 0 Å². The first-order valence-corrected chi connectivity index (χ1v) is 6.43. The zero-order valence-corrected chi connectivity index (χ0v) is 10.2. The van der Waals surface area contributed by atoms with Crippen molar-refractivity contribution in [1.82, 2.24) is 4.90 Å². The molecule has 2 heterocycles. The lowest BCUT2D eigenvalue weighted by molar-refractivity contribution is 0.0852. The van der Waals surface area contributed by atoms with E-state index in [-0.39, 0.29) is 11.6 Å². The van der Waals surface area contributed by atoms with Crippen LogP contribution in [0, 0.1) is 5.92 Å². The molecule has 1 aliphatic carbocycles. The summed E-state index contributed by atoms with van der Waals surface area (Å²) in [5, 5.41) is 0. The summed E-state index contributed by atoms with van der Waals surface area (Å²) in [5.41, 5.74) is 7.99. The summed E-state index contributed by atoms with van der Waals surface area (Å²) in [6, 6.07) is 10.6. The number of benzene rings is 1. The number of hydrogen-bond acceptors (Lipinski definition) is 2.